The van der Waals surface area contributed by atoms with Gasteiger partial charge in [-0.15, -0.1) is 0 Å². The molecule has 4 rings (SSSR count). The van der Waals surface area contributed by atoms with Crippen molar-refractivity contribution in [3.8, 4) is 0 Å². The van der Waals surface area contributed by atoms with Crippen LogP contribution in [0, 0.1) is 0 Å². The van der Waals surface area contributed by atoms with Gasteiger partial charge in [-0.05, 0) is 25.0 Å². The van der Waals surface area contributed by atoms with Crippen LogP contribution in [0.5, 0.6) is 0 Å². The fourth-order valence-corrected chi connectivity index (χ4v) is 3.66. The van der Waals surface area contributed by atoms with Crippen LogP contribution in [0.1, 0.15) is 39.4 Å². The number of likely N-dealkylation sites (tertiary alicyclic amines) is 1. The second kappa shape index (κ2) is 9.62. The maximum Gasteiger partial charge on any atom is 0.269 e. The number of rotatable bonds is 6. The van der Waals surface area contributed by atoms with Crippen LogP contribution in [-0.4, -0.2) is 77.6 Å². The average molecular weight is 410 g/mol. The number of carbonyl (C=O) groups is 2. The van der Waals surface area contributed by atoms with Crippen molar-refractivity contribution in [3.05, 3.63) is 47.5 Å². The second-order valence-corrected chi connectivity index (χ2v) is 7.35. The van der Waals surface area contributed by atoms with Gasteiger partial charge in [-0.3, -0.25) is 14.6 Å². The highest BCUT2D eigenvalue weighted by atomic mass is 16.5. The molecule has 9 heteroatoms. The van der Waals surface area contributed by atoms with Crippen molar-refractivity contribution in [3.63, 3.8) is 0 Å². The fraction of sp³-hybridized carbons (Fsp3) is 0.476. The first-order valence-corrected chi connectivity index (χ1v) is 10.4. The number of anilines is 1. The van der Waals surface area contributed by atoms with E-state index in [9.17, 15) is 9.59 Å². The summed E-state index contributed by atoms with van der Waals surface area (Å²) in [7, 11) is 0. The van der Waals surface area contributed by atoms with E-state index >= 15 is 0 Å². The number of pyridine rings is 1. The zero-order valence-corrected chi connectivity index (χ0v) is 16.9. The van der Waals surface area contributed by atoms with Gasteiger partial charge in [-0.2, -0.15) is 0 Å². The first kappa shape index (κ1) is 20.2. The summed E-state index contributed by atoms with van der Waals surface area (Å²) in [5.41, 5.74) is 1.54. The largest absolute Gasteiger partial charge is 0.378 e. The minimum Gasteiger partial charge on any atom is -0.378 e. The van der Waals surface area contributed by atoms with Crippen molar-refractivity contribution >= 4 is 17.8 Å². The predicted octanol–water partition coefficient (Wildman–Crippen LogP) is 0.917. The highest BCUT2D eigenvalue weighted by molar-refractivity contribution is 5.95. The maximum atomic E-state index is 13.0. The molecule has 2 fully saturated rings. The molecule has 2 saturated heterocycles. The lowest BCUT2D eigenvalue weighted by Crippen LogP contribution is -2.38. The minimum atomic E-state index is -0.245. The van der Waals surface area contributed by atoms with Crippen molar-refractivity contribution in [2.75, 3.05) is 50.8 Å². The van der Waals surface area contributed by atoms with Crippen molar-refractivity contribution < 1.29 is 14.3 Å². The molecule has 2 aromatic rings. The molecular weight excluding hydrogens is 384 g/mol. The number of carbonyl (C=O) groups excluding carboxylic acids is 2. The van der Waals surface area contributed by atoms with Crippen LogP contribution in [0.25, 0.3) is 0 Å². The molecule has 9 nitrogen and oxygen atoms in total. The van der Waals surface area contributed by atoms with Gasteiger partial charge in [-0.25, -0.2) is 9.97 Å². The molecule has 0 atom stereocenters. The smallest absolute Gasteiger partial charge is 0.269 e. The van der Waals surface area contributed by atoms with E-state index in [0.29, 0.717) is 49.1 Å². The molecule has 0 radical (unpaired) electrons. The Morgan fingerprint density at radius 3 is 2.60 bits per heavy atom. The Hall–Kier alpha value is -3.07. The second-order valence-electron chi connectivity index (χ2n) is 7.35. The van der Waals surface area contributed by atoms with Gasteiger partial charge in [0.1, 0.15) is 5.69 Å². The molecule has 2 aliphatic rings. The third-order valence-electron chi connectivity index (χ3n) is 5.32. The predicted molar refractivity (Wildman–Crippen MR) is 110 cm³/mol. The van der Waals surface area contributed by atoms with E-state index in [4.69, 9.17) is 9.72 Å². The van der Waals surface area contributed by atoms with E-state index in [0.717, 1.165) is 39.0 Å². The first-order valence-electron chi connectivity index (χ1n) is 10.4. The Kier molecular flexibility index (Phi) is 6.48. The molecular formula is C21H26N6O3. The summed E-state index contributed by atoms with van der Waals surface area (Å²) in [5, 5.41) is 2.86. The molecule has 0 unspecified atom stereocenters. The SMILES string of the molecule is O=C(NCCc1nc(N2CCOCC2)ncc1C(=O)N1CCCC1)c1ccccn1. The number of ether oxygens (including phenoxy) is 1. The van der Waals surface area contributed by atoms with E-state index in [2.05, 4.69) is 20.2 Å². The van der Waals surface area contributed by atoms with Gasteiger partial charge in [0.2, 0.25) is 5.95 Å². The quantitative estimate of drug-likeness (QED) is 0.756. The third kappa shape index (κ3) is 4.73. The Morgan fingerprint density at radius 1 is 1.07 bits per heavy atom. The van der Waals surface area contributed by atoms with Gasteiger partial charge < -0.3 is 19.9 Å². The van der Waals surface area contributed by atoms with Gasteiger partial charge in [-0.1, -0.05) is 6.07 Å². The zero-order valence-electron chi connectivity index (χ0n) is 16.9. The van der Waals surface area contributed by atoms with Crippen LogP contribution in [-0.2, 0) is 11.2 Å². The van der Waals surface area contributed by atoms with Crippen LogP contribution < -0.4 is 10.2 Å². The van der Waals surface area contributed by atoms with Crippen LogP contribution in [0.3, 0.4) is 0 Å². The maximum absolute atomic E-state index is 13.0. The standard InChI is InChI=1S/C21H26N6O3/c28-19(18-5-1-2-7-22-18)23-8-6-17-16(20(29)26-9-3-4-10-26)15-24-21(25-17)27-11-13-30-14-12-27/h1-2,5,7,15H,3-4,6,8-14H2,(H,23,28). The Bertz CT molecular complexity index is 880. The summed E-state index contributed by atoms with van der Waals surface area (Å²) < 4.78 is 5.40. The molecule has 1 N–H and O–H groups in total. The van der Waals surface area contributed by atoms with E-state index in [1.165, 1.54) is 0 Å². The molecule has 4 heterocycles. The number of aromatic nitrogens is 3. The zero-order chi connectivity index (χ0) is 20.8. The number of nitrogens with one attached hydrogen (secondary N) is 1. The Labute approximate surface area is 175 Å². The van der Waals surface area contributed by atoms with Crippen LogP contribution in [0.4, 0.5) is 5.95 Å². The number of hydrogen-bond acceptors (Lipinski definition) is 7. The van der Waals surface area contributed by atoms with Crippen molar-refractivity contribution in [1.29, 1.82) is 0 Å². The summed E-state index contributed by atoms with van der Waals surface area (Å²) in [5.74, 6) is 0.319. The molecule has 0 bridgehead atoms. The molecule has 2 amide bonds. The summed E-state index contributed by atoms with van der Waals surface area (Å²) in [6.07, 6.45) is 5.70. The van der Waals surface area contributed by atoms with Crippen molar-refractivity contribution in [1.82, 2.24) is 25.2 Å². The number of amides is 2. The molecule has 2 aromatic heterocycles. The van der Waals surface area contributed by atoms with Crippen LogP contribution in [0.15, 0.2) is 30.6 Å². The van der Waals surface area contributed by atoms with E-state index in [-0.39, 0.29) is 11.8 Å². The van der Waals surface area contributed by atoms with Gasteiger partial charge in [0, 0.05) is 51.5 Å². The summed E-state index contributed by atoms with van der Waals surface area (Å²) in [4.78, 5) is 42.4. The molecule has 30 heavy (non-hydrogen) atoms. The van der Waals surface area contributed by atoms with E-state index < -0.39 is 0 Å². The first-order chi connectivity index (χ1) is 14.7. The highest BCUT2D eigenvalue weighted by Gasteiger charge is 2.24. The van der Waals surface area contributed by atoms with Crippen LogP contribution in [0.2, 0.25) is 0 Å². The summed E-state index contributed by atoms with van der Waals surface area (Å²) in [6.45, 7) is 4.58. The molecule has 0 aliphatic carbocycles. The lowest BCUT2D eigenvalue weighted by atomic mass is 10.1. The fourth-order valence-electron chi connectivity index (χ4n) is 3.66. The molecule has 0 spiro atoms. The minimum absolute atomic E-state index is 0.0351. The van der Waals surface area contributed by atoms with Gasteiger partial charge in [0.15, 0.2) is 0 Å². The van der Waals surface area contributed by atoms with E-state index in [1.807, 2.05) is 4.90 Å². The summed E-state index contributed by atoms with van der Waals surface area (Å²) in [6, 6.07) is 5.20. The Balaban J connectivity index is 1.49. The van der Waals surface area contributed by atoms with Gasteiger partial charge in [0.25, 0.3) is 11.8 Å². The summed E-state index contributed by atoms with van der Waals surface area (Å²) >= 11 is 0. The number of nitrogens with zero attached hydrogens (tertiary/aromatic N) is 5. The monoisotopic (exact) mass is 410 g/mol. The molecule has 0 saturated carbocycles. The normalized spacial score (nSPS) is 16.5. The topological polar surface area (TPSA) is 101 Å². The third-order valence-corrected chi connectivity index (χ3v) is 5.32. The number of morpholine rings is 1. The highest BCUT2D eigenvalue weighted by Crippen LogP contribution is 2.18. The molecule has 2 aliphatic heterocycles. The molecule has 158 valence electrons. The number of hydrogen-bond donors (Lipinski definition) is 1. The van der Waals surface area contributed by atoms with Gasteiger partial charge >= 0.3 is 0 Å². The molecule has 0 aromatic carbocycles. The lowest BCUT2D eigenvalue weighted by Gasteiger charge is -2.27. The Morgan fingerprint density at radius 2 is 1.87 bits per heavy atom. The van der Waals surface area contributed by atoms with E-state index in [1.54, 1.807) is 30.6 Å². The van der Waals surface area contributed by atoms with Crippen LogP contribution >= 0.6 is 0 Å². The average Bonchev–Trinajstić information content (AvgIpc) is 3.35. The van der Waals surface area contributed by atoms with Crippen molar-refractivity contribution in [2.45, 2.75) is 19.3 Å². The van der Waals surface area contributed by atoms with Crippen molar-refractivity contribution in [2.24, 2.45) is 0 Å². The van der Waals surface area contributed by atoms with Gasteiger partial charge in [0.05, 0.1) is 24.5 Å². The lowest BCUT2D eigenvalue weighted by molar-refractivity contribution is 0.0790.